The molecule has 0 aliphatic carbocycles. The molecule has 1 heterocycles. The Morgan fingerprint density at radius 2 is 1.84 bits per heavy atom. The number of anilines is 1. The Morgan fingerprint density at radius 3 is 2.42 bits per heavy atom. The van der Waals surface area contributed by atoms with Gasteiger partial charge in [0.2, 0.25) is 0 Å². The van der Waals surface area contributed by atoms with Gasteiger partial charge in [-0.3, -0.25) is 0 Å². The van der Waals surface area contributed by atoms with Crippen LogP contribution < -0.4 is 10.1 Å². The fraction of sp³-hybridized carbons (Fsp3) is 0.333. The second kappa shape index (κ2) is 6.73. The van der Waals surface area contributed by atoms with E-state index in [0.717, 1.165) is 42.3 Å². The highest BCUT2D eigenvalue weighted by molar-refractivity contribution is 5.60. The van der Waals surface area contributed by atoms with E-state index in [1.54, 1.807) is 0 Å². The molecule has 2 rings (SSSR count). The highest BCUT2D eigenvalue weighted by Gasteiger charge is 2.01. The Hall–Kier alpha value is -2.10. The van der Waals surface area contributed by atoms with Crippen LogP contribution in [0.4, 0.5) is 5.82 Å². The van der Waals surface area contributed by atoms with Gasteiger partial charge in [0.05, 0.1) is 12.3 Å². The number of aromatic nitrogens is 2. The summed E-state index contributed by atoms with van der Waals surface area (Å²) in [4.78, 5) is 0. The van der Waals surface area contributed by atoms with Crippen LogP contribution in [0.3, 0.4) is 0 Å². The molecule has 0 amide bonds. The van der Waals surface area contributed by atoms with Gasteiger partial charge in [-0.15, -0.1) is 10.2 Å². The summed E-state index contributed by atoms with van der Waals surface area (Å²) in [7, 11) is 1.83. The average molecular weight is 257 g/mol. The SMILES string of the molecule is CCCCOc1ccc(-c2ccc(NC)nn2)cc1. The quantitative estimate of drug-likeness (QED) is 0.806. The van der Waals surface area contributed by atoms with E-state index in [1.165, 1.54) is 0 Å². The van der Waals surface area contributed by atoms with E-state index in [9.17, 15) is 0 Å². The molecule has 0 fully saturated rings. The maximum atomic E-state index is 5.63. The van der Waals surface area contributed by atoms with Gasteiger partial charge in [-0.05, 0) is 42.8 Å². The molecule has 1 aromatic carbocycles. The van der Waals surface area contributed by atoms with Crippen molar-refractivity contribution in [3.05, 3.63) is 36.4 Å². The van der Waals surface area contributed by atoms with Gasteiger partial charge in [0.15, 0.2) is 0 Å². The molecule has 0 bridgehead atoms. The molecule has 0 spiro atoms. The first kappa shape index (κ1) is 13.3. The van der Waals surface area contributed by atoms with E-state index < -0.39 is 0 Å². The van der Waals surface area contributed by atoms with Crippen molar-refractivity contribution in [3.63, 3.8) is 0 Å². The molecule has 100 valence electrons. The van der Waals surface area contributed by atoms with Gasteiger partial charge in [0.1, 0.15) is 11.6 Å². The minimum absolute atomic E-state index is 0.767. The van der Waals surface area contributed by atoms with Gasteiger partial charge in [0.25, 0.3) is 0 Å². The Kier molecular flexibility index (Phi) is 4.72. The molecule has 0 aliphatic rings. The highest BCUT2D eigenvalue weighted by Crippen LogP contribution is 2.20. The smallest absolute Gasteiger partial charge is 0.148 e. The topological polar surface area (TPSA) is 47.0 Å². The van der Waals surface area contributed by atoms with E-state index in [1.807, 2.05) is 43.4 Å². The zero-order valence-corrected chi connectivity index (χ0v) is 11.4. The lowest BCUT2D eigenvalue weighted by atomic mass is 10.1. The molecule has 2 aromatic rings. The van der Waals surface area contributed by atoms with Crippen LogP contribution >= 0.6 is 0 Å². The molecule has 4 heteroatoms. The van der Waals surface area contributed by atoms with Crippen LogP contribution in [0.2, 0.25) is 0 Å². The lowest BCUT2D eigenvalue weighted by Gasteiger charge is -2.06. The first-order valence-corrected chi connectivity index (χ1v) is 6.58. The van der Waals surface area contributed by atoms with E-state index in [0.29, 0.717) is 0 Å². The second-order valence-corrected chi connectivity index (χ2v) is 4.28. The fourth-order valence-electron chi connectivity index (χ4n) is 1.68. The summed E-state index contributed by atoms with van der Waals surface area (Å²) >= 11 is 0. The third-order valence-electron chi connectivity index (χ3n) is 2.84. The first-order valence-electron chi connectivity index (χ1n) is 6.58. The summed E-state index contributed by atoms with van der Waals surface area (Å²) < 4.78 is 5.63. The largest absolute Gasteiger partial charge is 0.494 e. The molecule has 19 heavy (non-hydrogen) atoms. The molecular formula is C15H19N3O. The molecule has 0 atom stereocenters. The van der Waals surface area contributed by atoms with Gasteiger partial charge in [-0.2, -0.15) is 0 Å². The maximum Gasteiger partial charge on any atom is 0.148 e. The van der Waals surface area contributed by atoms with E-state index in [-0.39, 0.29) is 0 Å². The van der Waals surface area contributed by atoms with Crippen molar-refractivity contribution >= 4 is 5.82 Å². The molecule has 0 saturated carbocycles. The van der Waals surface area contributed by atoms with Crippen LogP contribution in [0.1, 0.15) is 19.8 Å². The molecule has 4 nitrogen and oxygen atoms in total. The van der Waals surface area contributed by atoms with Gasteiger partial charge in [-0.1, -0.05) is 13.3 Å². The second-order valence-electron chi connectivity index (χ2n) is 4.28. The van der Waals surface area contributed by atoms with Crippen LogP contribution in [0.15, 0.2) is 36.4 Å². The summed E-state index contributed by atoms with van der Waals surface area (Å²) in [6, 6.07) is 11.8. The zero-order chi connectivity index (χ0) is 13.5. The summed E-state index contributed by atoms with van der Waals surface area (Å²) in [6.45, 7) is 2.92. The molecule has 0 saturated heterocycles. The highest BCUT2D eigenvalue weighted by atomic mass is 16.5. The Bertz CT molecular complexity index is 494. The maximum absolute atomic E-state index is 5.63. The number of benzene rings is 1. The molecule has 0 aliphatic heterocycles. The standard InChI is InChI=1S/C15H19N3O/c1-3-4-11-19-13-7-5-12(6-8-13)14-9-10-15(16-2)18-17-14/h5-10H,3-4,11H2,1-2H3,(H,16,18). The molecule has 1 aromatic heterocycles. The van der Waals surface area contributed by atoms with Crippen molar-refractivity contribution < 1.29 is 4.74 Å². The number of unbranched alkanes of at least 4 members (excludes halogenated alkanes) is 1. The van der Waals surface area contributed by atoms with Crippen molar-refractivity contribution in [2.75, 3.05) is 19.0 Å². The van der Waals surface area contributed by atoms with Crippen molar-refractivity contribution in [1.82, 2.24) is 10.2 Å². The van der Waals surface area contributed by atoms with Crippen molar-refractivity contribution in [3.8, 4) is 17.0 Å². The van der Waals surface area contributed by atoms with Gasteiger partial charge < -0.3 is 10.1 Å². The third-order valence-corrected chi connectivity index (χ3v) is 2.84. The third kappa shape index (κ3) is 3.68. The summed E-state index contributed by atoms with van der Waals surface area (Å²) in [6.07, 6.45) is 2.23. The summed E-state index contributed by atoms with van der Waals surface area (Å²) in [5, 5.41) is 11.2. The summed E-state index contributed by atoms with van der Waals surface area (Å²) in [5.41, 5.74) is 1.90. The van der Waals surface area contributed by atoms with E-state index in [4.69, 9.17) is 4.74 Å². The minimum atomic E-state index is 0.767. The zero-order valence-electron chi connectivity index (χ0n) is 11.4. The number of hydrogen-bond acceptors (Lipinski definition) is 4. The van der Waals surface area contributed by atoms with Crippen LogP contribution in [-0.4, -0.2) is 23.9 Å². The first-order chi connectivity index (χ1) is 9.33. The normalized spacial score (nSPS) is 10.2. The monoisotopic (exact) mass is 257 g/mol. The van der Waals surface area contributed by atoms with Gasteiger partial charge >= 0.3 is 0 Å². The molecule has 0 radical (unpaired) electrons. The number of rotatable bonds is 6. The molecule has 1 N–H and O–H groups in total. The van der Waals surface area contributed by atoms with Gasteiger partial charge in [-0.25, -0.2) is 0 Å². The van der Waals surface area contributed by atoms with Crippen molar-refractivity contribution in [2.45, 2.75) is 19.8 Å². The predicted octanol–water partition coefficient (Wildman–Crippen LogP) is 3.36. The van der Waals surface area contributed by atoms with Crippen LogP contribution in [0.25, 0.3) is 11.3 Å². The number of nitrogens with one attached hydrogen (secondary N) is 1. The van der Waals surface area contributed by atoms with Gasteiger partial charge in [0, 0.05) is 12.6 Å². The predicted molar refractivity (Wildman–Crippen MR) is 77.4 cm³/mol. The van der Waals surface area contributed by atoms with E-state index in [2.05, 4.69) is 22.4 Å². The fourth-order valence-corrected chi connectivity index (χ4v) is 1.68. The molecule has 0 unspecified atom stereocenters. The minimum Gasteiger partial charge on any atom is -0.494 e. The van der Waals surface area contributed by atoms with Crippen LogP contribution in [-0.2, 0) is 0 Å². The van der Waals surface area contributed by atoms with Crippen LogP contribution in [0, 0.1) is 0 Å². The Balaban J connectivity index is 2.04. The lowest BCUT2D eigenvalue weighted by molar-refractivity contribution is 0.309. The van der Waals surface area contributed by atoms with Crippen molar-refractivity contribution in [2.24, 2.45) is 0 Å². The molecular weight excluding hydrogens is 238 g/mol. The number of ether oxygens (including phenoxy) is 1. The summed E-state index contributed by atoms with van der Waals surface area (Å²) in [5.74, 6) is 1.67. The Labute approximate surface area is 113 Å². The number of nitrogens with zero attached hydrogens (tertiary/aromatic N) is 2. The average Bonchev–Trinajstić information content (AvgIpc) is 2.48. The lowest BCUT2D eigenvalue weighted by Crippen LogP contribution is -1.97. The Morgan fingerprint density at radius 1 is 1.05 bits per heavy atom. The van der Waals surface area contributed by atoms with Crippen molar-refractivity contribution in [1.29, 1.82) is 0 Å². The van der Waals surface area contributed by atoms with E-state index >= 15 is 0 Å². The van der Waals surface area contributed by atoms with Crippen LogP contribution in [0.5, 0.6) is 5.75 Å². The number of hydrogen-bond donors (Lipinski definition) is 1.